The molecule has 2 aromatic carbocycles. The van der Waals surface area contributed by atoms with E-state index in [1.165, 1.54) is 35.1 Å². The van der Waals surface area contributed by atoms with Gasteiger partial charge in [0, 0.05) is 21.7 Å². The third kappa shape index (κ3) is 5.97. The third-order valence-electron chi connectivity index (χ3n) is 6.76. The van der Waals surface area contributed by atoms with Crippen molar-refractivity contribution in [2.75, 3.05) is 13.7 Å². The molecule has 1 aliphatic rings. The molecule has 222 valence electrons. The Hall–Kier alpha value is -3.93. The number of aromatic nitrogens is 1. The SMILES string of the molecule is CCCC1=C(C(=O)OCC)[C@H](c2cc(Br)ccc2OC)n2c(s/c(=C/c3ccc(-c4ccc(Cl)c(C(=O)O)c4)o3)c2=O)=N1. The average molecular weight is 686 g/mol. The summed E-state index contributed by atoms with van der Waals surface area (Å²) in [6.07, 6.45) is 2.83. The molecular weight excluding hydrogens is 660 g/mol. The number of nitrogens with zero attached hydrogens (tertiary/aromatic N) is 2. The molecule has 0 radical (unpaired) electrons. The minimum Gasteiger partial charge on any atom is -0.496 e. The van der Waals surface area contributed by atoms with Crippen LogP contribution in [-0.2, 0) is 9.53 Å². The maximum absolute atomic E-state index is 14.0. The average Bonchev–Trinajstić information content (AvgIpc) is 3.57. The molecule has 12 heteroatoms. The summed E-state index contributed by atoms with van der Waals surface area (Å²) in [4.78, 5) is 44.2. The Bertz CT molecular complexity index is 1960. The van der Waals surface area contributed by atoms with Gasteiger partial charge in [-0.15, -0.1) is 0 Å². The van der Waals surface area contributed by atoms with Crippen LogP contribution in [0.25, 0.3) is 17.4 Å². The molecule has 0 fully saturated rings. The van der Waals surface area contributed by atoms with Gasteiger partial charge in [0.25, 0.3) is 5.56 Å². The van der Waals surface area contributed by atoms with Crippen LogP contribution in [0, 0.1) is 0 Å². The smallest absolute Gasteiger partial charge is 0.338 e. The number of carbonyl (C=O) groups excluding carboxylic acids is 1. The number of furan rings is 1. The van der Waals surface area contributed by atoms with Crippen molar-refractivity contribution >= 4 is 56.9 Å². The number of halogens is 2. The molecule has 0 spiro atoms. The van der Waals surface area contributed by atoms with Gasteiger partial charge in [0.05, 0.1) is 40.1 Å². The molecule has 0 amide bonds. The molecule has 0 saturated heterocycles. The quantitative estimate of drug-likeness (QED) is 0.216. The lowest BCUT2D eigenvalue weighted by Gasteiger charge is -2.27. The van der Waals surface area contributed by atoms with E-state index in [0.29, 0.717) is 49.8 Å². The van der Waals surface area contributed by atoms with E-state index in [9.17, 15) is 19.5 Å². The number of hydrogen-bond donors (Lipinski definition) is 1. The summed E-state index contributed by atoms with van der Waals surface area (Å²) in [5.74, 6) is -0.412. The van der Waals surface area contributed by atoms with Gasteiger partial charge in [-0.05, 0) is 61.9 Å². The van der Waals surface area contributed by atoms with Gasteiger partial charge in [0.1, 0.15) is 23.3 Å². The van der Waals surface area contributed by atoms with Gasteiger partial charge in [-0.3, -0.25) is 9.36 Å². The number of benzene rings is 2. The Morgan fingerprint density at radius 1 is 1.19 bits per heavy atom. The molecule has 1 aliphatic heterocycles. The van der Waals surface area contributed by atoms with Crippen LogP contribution in [0.15, 0.2) is 78.5 Å². The fourth-order valence-electron chi connectivity index (χ4n) is 4.89. The minimum absolute atomic E-state index is 0.0475. The van der Waals surface area contributed by atoms with Gasteiger partial charge in [0.15, 0.2) is 4.80 Å². The number of aromatic carboxylic acids is 1. The monoisotopic (exact) mass is 684 g/mol. The molecule has 43 heavy (non-hydrogen) atoms. The molecule has 9 nitrogen and oxygen atoms in total. The van der Waals surface area contributed by atoms with E-state index in [4.69, 9.17) is 30.5 Å². The second kappa shape index (κ2) is 12.7. The lowest BCUT2D eigenvalue weighted by atomic mass is 9.93. The Balaban J connectivity index is 1.69. The van der Waals surface area contributed by atoms with Crippen molar-refractivity contribution in [3.05, 3.63) is 106 Å². The molecule has 0 unspecified atom stereocenters. The molecule has 4 aromatic rings. The zero-order valence-corrected chi connectivity index (χ0v) is 26.5. The number of hydrogen-bond acceptors (Lipinski definition) is 8. The van der Waals surface area contributed by atoms with Gasteiger partial charge < -0.3 is 19.0 Å². The number of rotatable bonds is 9. The number of carboxylic acid groups (broad SMARTS) is 1. The van der Waals surface area contributed by atoms with E-state index >= 15 is 0 Å². The van der Waals surface area contributed by atoms with Crippen LogP contribution in [0.2, 0.25) is 5.02 Å². The molecular formula is C31H26BrClN2O7S. The van der Waals surface area contributed by atoms with E-state index < -0.39 is 18.0 Å². The summed E-state index contributed by atoms with van der Waals surface area (Å²) < 4.78 is 19.7. The number of allylic oxidation sites excluding steroid dienone is 1. The molecule has 0 saturated carbocycles. The van der Waals surface area contributed by atoms with Crippen molar-refractivity contribution in [1.82, 2.24) is 4.57 Å². The molecule has 5 rings (SSSR count). The summed E-state index contributed by atoms with van der Waals surface area (Å²) in [6, 6.07) is 12.5. The third-order valence-corrected chi connectivity index (χ3v) is 8.57. The standard InChI is InChI=1S/C31H26BrClN2O7S/c1-4-6-22-26(30(39)41-5-2)27(20-14-17(32)8-11-24(20)40-3)35-28(36)25(43-31(35)34-22)15-18-9-12-23(42-18)16-7-10-21(33)19(13-16)29(37)38/h7-15,27H,4-6H2,1-3H3,(H,37,38)/b25-15+/t27-/m0/s1. The molecule has 0 aliphatic carbocycles. The topological polar surface area (TPSA) is 120 Å². The summed E-state index contributed by atoms with van der Waals surface area (Å²) in [7, 11) is 1.53. The number of ether oxygens (including phenoxy) is 2. The van der Waals surface area contributed by atoms with Crippen LogP contribution < -0.4 is 19.6 Å². The number of carbonyl (C=O) groups is 2. The summed E-state index contributed by atoms with van der Waals surface area (Å²) in [6.45, 7) is 3.88. The number of fused-ring (bicyclic) bond motifs is 1. The van der Waals surface area contributed by atoms with Crippen LogP contribution in [0.4, 0.5) is 0 Å². The Labute approximate surface area is 263 Å². The Morgan fingerprint density at radius 2 is 1.98 bits per heavy atom. The highest BCUT2D eigenvalue weighted by atomic mass is 79.9. The zero-order valence-electron chi connectivity index (χ0n) is 23.4. The molecule has 3 heterocycles. The molecule has 0 bridgehead atoms. The van der Waals surface area contributed by atoms with Gasteiger partial charge >= 0.3 is 11.9 Å². The summed E-state index contributed by atoms with van der Waals surface area (Å²) >= 11 is 10.7. The van der Waals surface area contributed by atoms with Crippen molar-refractivity contribution in [3.8, 4) is 17.1 Å². The van der Waals surface area contributed by atoms with E-state index in [1.807, 2.05) is 19.1 Å². The first-order valence-corrected chi connectivity index (χ1v) is 15.3. The molecule has 1 N–H and O–H groups in total. The van der Waals surface area contributed by atoms with E-state index in [1.54, 1.807) is 37.3 Å². The van der Waals surface area contributed by atoms with Crippen molar-refractivity contribution in [3.63, 3.8) is 0 Å². The number of carboxylic acids is 1. The first-order chi connectivity index (χ1) is 20.7. The normalized spacial score (nSPS) is 14.8. The van der Waals surface area contributed by atoms with E-state index in [0.717, 1.165) is 10.9 Å². The second-order valence-electron chi connectivity index (χ2n) is 9.50. The van der Waals surface area contributed by atoms with E-state index in [-0.39, 0.29) is 28.3 Å². The summed E-state index contributed by atoms with van der Waals surface area (Å²) in [5, 5.41) is 9.54. The zero-order chi connectivity index (χ0) is 30.8. The van der Waals surface area contributed by atoms with Crippen molar-refractivity contribution < 1.29 is 28.6 Å². The number of methoxy groups -OCH3 is 1. The van der Waals surface area contributed by atoms with Crippen LogP contribution in [0.1, 0.15) is 54.4 Å². The first kappa shape index (κ1) is 30.5. The van der Waals surface area contributed by atoms with Gasteiger partial charge in [-0.2, -0.15) is 0 Å². The summed E-state index contributed by atoms with van der Waals surface area (Å²) in [5.41, 5.74) is 1.55. The van der Waals surface area contributed by atoms with Crippen LogP contribution in [0.3, 0.4) is 0 Å². The highest BCUT2D eigenvalue weighted by Gasteiger charge is 2.36. The lowest BCUT2D eigenvalue weighted by molar-refractivity contribution is -0.139. The van der Waals surface area contributed by atoms with Gasteiger partial charge in [-0.25, -0.2) is 14.6 Å². The molecule has 2 aromatic heterocycles. The largest absolute Gasteiger partial charge is 0.496 e. The van der Waals surface area contributed by atoms with Crippen molar-refractivity contribution in [2.45, 2.75) is 32.7 Å². The van der Waals surface area contributed by atoms with Crippen molar-refractivity contribution in [1.29, 1.82) is 0 Å². The van der Waals surface area contributed by atoms with Crippen LogP contribution >= 0.6 is 38.9 Å². The van der Waals surface area contributed by atoms with Gasteiger partial charge in [0.2, 0.25) is 0 Å². The predicted molar refractivity (Wildman–Crippen MR) is 166 cm³/mol. The maximum atomic E-state index is 14.0. The fraction of sp³-hybridized carbons (Fsp3) is 0.226. The fourth-order valence-corrected chi connectivity index (χ4v) is 6.47. The minimum atomic E-state index is -1.15. The number of thiazole rings is 1. The van der Waals surface area contributed by atoms with Crippen LogP contribution in [0.5, 0.6) is 5.75 Å². The van der Waals surface area contributed by atoms with Crippen molar-refractivity contribution in [2.24, 2.45) is 4.99 Å². The van der Waals surface area contributed by atoms with Crippen LogP contribution in [-0.4, -0.2) is 35.3 Å². The molecule has 1 atom stereocenters. The van der Waals surface area contributed by atoms with E-state index in [2.05, 4.69) is 15.9 Å². The first-order valence-electron chi connectivity index (χ1n) is 13.3. The highest BCUT2D eigenvalue weighted by molar-refractivity contribution is 9.10. The number of esters is 1. The highest BCUT2D eigenvalue weighted by Crippen LogP contribution is 2.38. The second-order valence-corrected chi connectivity index (χ2v) is 11.8. The Morgan fingerprint density at radius 3 is 2.67 bits per heavy atom. The lowest BCUT2D eigenvalue weighted by Crippen LogP contribution is -2.40. The Kier molecular flexibility index (Phi) is 9.05. The van der Waals surface area contributed by atoms with Gasteiger partial charge in [-0.1, -0.05) is 52.2 Å². The predicted octanol–water partition coefficient (Wildman–Crippen LogP) is 5.96. The maximum Gasteiger partial charge on any atom is 0.338 e.